The smallest absolute Gasteiger partial charge is 0.356 e. The van der Waals surface area contributed by atoms with Crippen molar-refractivity contribution in [2.45, 2.75) is 12.5 Å². The van der Waals surface area contributed by atoms with Crippen molar-refractivity contribution < 1.29 is 9.90 Å². The highest BCUT2D eigenvalue weighted by molar-refractivity contribution is 7.10. The van der Waals surface area contributed by atoms with Crippen LogP contribution in [0.3, 0.4) is 0 Å². The molecular weight excluding hydrogens is 238 g/mol. The predicted molar refractivity (Wildman–Crippen MR) is 64.8 cm³/mol. The molecule has 2 N–H and O–H groups in total. The molecule has 5 nitrogen and oxygen atoms in total. The summed E-state index contributed by atoms with van der Waals surface area (Å²) in [5.41, 5.74) is 0.0935. The third kappa shape index (κ3) is 1.70. The zero-order valence-electron chi connectivity index (χ0n) is 8.96. The Balaban J connectivity index is 2.04. The minimum atomic E-state index is -0.987. The molecule has 1 atom stereocenters. The van der Waals surface area contributed by atoms with Crippen LogP contribution in [0.2, 0.25) is 0 Å². The fourth-order valence-corrected chi connectivity index (χ4v) is 2.94. The first kappa shape index (κ1) is 10.3. The van der Waals surface area contributed by atoms with Crippen molar-refractivity contribution in [2.75, 3.05) is 11.9 Å². The molecule has 6 heteroatoms. The first-order chi connectivity index (χ1) is 8.25. The normalized spacial score (nSPS) is 18.5. The SMILES string of the molecule is O=C(O)c1cn2c(n1)NCCC2c1cccs1. The number of carboxylic acid groups (broad SMARTS) is 1. The second-order valence-corrected chi connectivity index (χ2v) is 4.89. The zero-order valence-corrected chi connectivity index (χ0v) is 9.78. The number of carboxylic acids is 1. The van der Waals surface area contributed by atoms with E-state index in [1.165, 1.54) is 4.88 Å². The Labute approximate surface area is 102 Å². The topological polar surface area (TPSA) is 67.1 Å². The van der Waals surface area contributed by atoms with Gasteiger partial charge in [0.25, 0.3) is 0 Å². The second kappa shape index (κ2) is 3.89. The number of fused-ring (bicyclic) bond motifs is 1. The molecule has 0 spiro atoms. The van der Waals surface area contributed by atoms with Gasteiger partial charge in [-0.3, -0.25) is 0 Å². The van der Waals surface area contributed by atoms with E-state index in [1.54, 1.807) is 17.5 Å². The van der Waals surface area contributed by atoms with Crippen molar-refractivity contribution in [3.63, 3.8) is 0 Å². The number of nitrogens with one attached hydrogen (secondary N) is 1. The van der Waals surface area contributed by atoms with Gasteiger partial charge in [-0.1, -0.05) is 6.07 Å². The molecule has 2 aromatic rings. The van der Waals surface area contributed by atoms with Crippen LogP contribution in [0.5, 0.6) is 0 Å². The number of aromatic nitrogens is 2. The van der Waals surface area contributed by atoms with E-state index in [2.05, 4.69) is 16.4 Å². The molecule has 0 aromatic carbocycles. The van der Waals surface area contributed by atoms with E-state index < -0.39 is 5.97 Å². The lowest BCUT2D eigenvalue weighted by molar-refractivity contribution is 0.0691. The third-order valence-corrected chi connectivity index (χ3v) is 3.83. The highest BCUT2D eigenvalue weighted by Crippen LogP contribution is 2.32. The van der Waals surface area contributed by atoms with Gasteiger partial charge in [0, 0.05) is 17.6 Å². The number of hydrogen-bond donors (Lipinski definition) is 2. The molecule has 0 saturated heterocycles. The minimum absolute atomic E-state index is 0.0935. The average Bonchev–Trinajstić information content (AvgIpc) is 2.97. The minimum Gasteiger partial charge on any atom is -0.476 e. The maximum Gasteiger partial charge on any atom is 0.356 e. The number of hydrogen-bond acceptors (Lipinski definition) is 4. The van der Waals surface area contributed by atoms with Gasteiger partial charge >= 0.3 is 5.97 Å². The number of rotatable bonds is 2. The average molecular weight is 249 g/mol. The van der Waals surface area contributed by atoms with Crippen molar-refractivity contribution in [3.05, 3.63) is 34.3 Å². The van der Waals surface area contributed by atoms with Crippen LogP contribution in [0.4, 0.5) is 5.95 Å². The Kier molecular flexibility index (Phi) is 2.36. The molecule has 0 aliphatic carbocycles. The molecule has 1 aliphatic rings. The van der Waals surface area contributed by atoms with E-state index in [-0.39, 0.29) is 11.7 Å². The Morgan fingerprint density at radius 1 is 1.65 bits per heavy atom. The van der Waals surface area contributed by atoms with E-state index in [0.717, 1.165) is 13.0 Å². The largest absolute Gasteiger partial charge is 0.476 e. The summed E-state index contributed by atoms with van der Waals surface area (Å²) in [6.45, 7) is 0.818. The quantitative estimate of drug-likeness (QED) is 0.854. The number of imidazole rings is 1. The number of aromatic carboxylic acids is 1. The monoisotopic (exact) mass is 249 g/mol. The molecule has 88 valence electrons. The van der Waals surface area contributed by atoms with E-state index in [0.29, 0.717) is 5.95 Å². The van der Waals surface area contributed by atoms with E-state index in [9.17, 15) is 4.79 Å². The highest BCUT2D eigenvalue weighted by atomic mass is 32.1. The van der Waals surface area contributed by atoms with Crippen LogP contribution in [0, 0.1) is 0 Å². The molecule has 3 rings (SSSR count). The fraction of sp³-hybridized carbons (Fsp3) is 0.273. The maximum atomic E-state index is 10.9. The molecule has 17 heavy (non-hydrogen) atoms. The van der Waals surface area contributed by atoms with Crippen LogP contribution in [-0.2, 0) is 0 Å². The Hall–Kier alpha value is -1.82. The molecule has 0 fully saturated rings. The summed E-state index contributed by atoms with van der Waals surface area (Å²) in [6, 6.07) is 4.29. The molecule has 0 amide bonds. The summed E-state index contributed by atoms with van der Waals surface area (Å²) in [5.74, 6) is -0.342. The molecule has 3 heterocycles. The van der Waals surface area contributed by atoms with Crippen LogP contribution in [0.1, 0.15) is 27.8 Å². The number of thiophene rings is 1. The molecule has 1 aliphatic heterocycles. The summed E-state index contributed by atoms with van der Waals surface area (Å²) >= 11 is 1.69. The Morgan fingerprint density at radius 3 is 3.24 bits per heavy atom. The number of nitrogens with zero attached hydrogens (tertiary/aromatic N) is 2. The van der Waals surface area contributed by atoms with Gasteiger partial charge in [-0.25, -0.2) is 9.78 Å². The molecule has 0 saturated carbocycles. The van der Waals surface area contributed by atoms with Crippen molar-refractivity contribution in [2.24, 2.45) is 0 Å². The van der Waals surface area contributed by atoms with Crippen LogP contribution in [-0.4, -0.2) is 27.2 Å². The van der Waals surface area contributed by atoms with Crippen LogP contribution in [0.15, 0.2) is 23.7 Å². The summed E-state index contributed by atoms with van der Waals surface area (Å²) in [6.07, 6.45) is 2.55. The van der Waals surface area contributed by atoms with Gasteiger partial charge in [0.2, 0.25) is 5.95 Å². The van der Waals surface area contributed by atoms with Gasteiger partial charge in [0.15, 0.2) is 5.69 Å². The molecule has 2 aromatic heterocycles. The highest BCUT2D eigenvalue weighted by Gasteiger charge is 2.24. The van der Waals surface area contributed by atoms with Gasteiger partial charge < -0.3 is 15.0 Å². The first-order valence-corrected chi connectivity index (χ1v) is 6.23. The first-order valence-electron chi connectivity index (χ1n) is 5.35. The molecular formula is C11H11N3O2S. The lowest BCUT2D eigenvalue weighted by atomic mass is 10.1. The third-order valence-electron chi connectivity index (χ3n) is 2.86. The van der Waals surface area contributed by atoms with Crippen molar-refractivity contribution in [1.29, 1.82) is 0 Å². The van der Waals surface area contributed by atoms with E-state index in [1.807, 2.05) is 16.0 Å². The van der Waals surface area contributed by atoms with E-state index >= 15 is 0 Å². The van der Waals surface area contributed by atoms with Gasteiger partial charge in [-0.05, 0) is 17.9 Å². The lowest BCUT2D eigenvalue weighted by Crippen LogP contribution is -2.22. The van der Waals surface area contributed by atoms with E-state index in [4.69, 9.17) is 5.11 Å². The molecule has 1 unspecified atom stereocenters. The van der Waals surface area contributed by atoms with Crippen LogP contribution < -0.4 is 5.32 Å². The summed E-state index contributed by atoms with van der Waals surface area (Å²) in [4.78, 5) is 16.2. The summed E-state index contributed by atoms with van der Waals surface area (Å²) in [5, 5.41) is 14.1. The zero-order chi connectivity index (χ0) is 11.8. The molecule has 0 bridgehead atoms. The Bertz CT molecular complexity index is 547. The van der Waals surface area contributed by atoms with Crippen LogP contribution >= 0.6 is 11.3 Å². The van der Waals surface area contributed by atoms with Crippen LogP contribution in [0.25, 0.3) is 0 Å². The standard InChI is InChI=1S/C11H11N3O2S/c15-10(16)7-6-14-8(9-2-1-5-17-9)3-4-12-11(14)13-7/h1-2,5-6,8H,3-4H2,(H,12,13)(H,15,16). The lowest BCUT2D eigenvalue weighted by Gasteiger charge is -2.24. The summed E-state index contributed by atoms with van der Waals surface area (Å²) in [7, 11) is 0. The van der Waals surface area contributed by atoms with Gasteiger partial charge in [-0.15, -0.1) is 11.3 Å². The van der Waals surface area contributed by atoms with Gasteiger partial charge in [-0.2, -0.15) is 0 Å². The number of carbonyl (C=O) groups is 1. The predicted octanol–water partition coefficient (Wildman–Crippen LogP) is 2.05. The summed E-state index contributed by atoms with van der Waals surface area (Å²) < 4.78 is 1.92. The van der Waals surface area contributed by atoms with Gasteiger partial charge in [0.05, 0.1) is 6.04 Å². The van der Waals surface area contributed by atoms with Crippen molar-refractivity contribution >= 4 is 23.3 Å². The fourth-order valence-electron chi connectivity index (χ4n) is 2.09. The molecule has 0 radical (unpaired) electrons. The van der Waals surface area contributed by atoms with Gasteiger partial charge in [0.1, 0.15) is 0 Å². The Morgan fingerprint density at radius 2 is 2.53 bits per heavy atom. The van der Waals surface area contributed by atoms with Crippen molar-refractivity contribution in [3.8, 4) is 0 Å². The maximum absolute atomic E-state index is 10.9. The number of anilines is 1. The second-order valence-electron chi connectivity index (χ2n) is 3.91. The van der Waals surface area contributed by atoms with Crippen molar-refractivity contribution in [1.82, 2.24) is 9.55 Å².